The van der Waals surface area contributed by atoms with E-state index in [0.29, 0.717) is 18.4 Å². The van der Waals surface area contributed by atoms with Gasteiger partial charge in [-0.3, -0.25) is 25.0 Å². The van der Waals surface area contributed by atoms with E-state index >= 15 is 0 Å². The minimum absolute atomic E-state index is 0.00567. The zero-order valence-corrected chi connectivity index (χ0v) is 21.5. The Hall–Kier alpha value is -3.90. The van der Waals surface area contributed by atoms with E-state index < -0.39 is 17.4 Å². The van der Waals surface area contributed by atoms with Crippen LogP contribution in [0.5, 0.6) is 5.75 Å². The molecule has 0 aliphatic carbocycles. The lowest BCUT2D eigenvalue weighted by Gasteiger charge is -2.18. The number of aromatic nitrogens is 2. The molecule has 1 heterocycles. The lowest BCUT2D eigenvalue weighted by Crippen LogP contribution is -2.09. The quantitative estimate of drug-likeness (QED) is 0.0729. The van der Waals surface area contributed by atoms with Crippen molar-refractivity contribution in [3.05, 3.63) is 62.2 Å². The SMILES string of the molecule is CCOP(=O)(CCCOC(=O)CCCCCc1ccc([N+](=O)[O-])c2nonc12)Oc1ccc([N+](=O)[O-])cc1. The number of ether oxygens (including phenoxy) is 1. The number of nitro groups is 2. The van der Waals surface area contributed by atoms with Gasteiger partial charge in [-0.15, -0.1) is 0 Å². The molecule has 0 amide bonds. The number of nitrogens with zero attached hydrogens (tertiary/aromatic N) is 4. The van der Waals surface area contributed by atoms with Gasteiger partial charge in [-0.2, -0.15) is 0 Å². The van der Waals surface area contributed by atoms with E-state index in [1.54, 1.807) is 13.0 Å². The monoisotopic (exact) mass is 550 g/mol. The average Bonchev–Trinajstić information content (AvgIpc) is 3.37. The van der Waals surface area contributed by atoms with Crippen molar-refractivity contribution in [1.82, 2.24) is 10.3 Å². The highest BCUT2D eigenvalue weighted by Gasteiger charge is 2.26. The zero-order valence-electron chi connectivity index (χ0n) is 20.6. The summed E-state index contributed by atoms with van der Waals surface area (Å²) in [6, 6.07) is 8.18. The van der Waals surface area contributed by atoms with Crippen LogP contribution in [-0.2, 0) is 25.0 Å². The van der Waals surface area contributed by atoms with Crippen LogP contribution in [0.4, 0.5) is 11.4 Å². The van der Waals surface area contributed by atoms with Crippen molar-refractivity contribution in [2.75, 3.05) is 19.4 Å². The van der Waals surface area contributed by atoms with E-state index in [2.05, 4.69) is 14.9 Å². The van der Waals surface area contributed by atoms with E-state index in [1.165, 1.54) is 30.3 Å². The van der Waals surface area contributed by atoms with Crippen LogP contribution < -0.4 is 4.52 Å². The van der Waals surface area contributed by atoms with Crippen LogP contribution in [0.25, 0.3) is 11.0 Å². The van der Waals surface area contributed by atoms with E-state index in [4.69, 9.17) is 13.8 Å². The second-order valence-electron chi connectivity index (χ2n) is 8.19. The van der Waals surface area contributed by atoms with E-state index in [1.807, 2.05) is 0 Å². The molecule has 0 saturated carbocycles. The number of fused-ring (bicyclic) bond motifs is 1. The van der Waals surface area contributed by atoms with Crippen molar-refractivity contribution >= 4 is 36.0 Å². The first-order chi connectivity index (χ1) is 18.2. The summed E-state index contributed by atoms with van der Waals surface area (Å²) in [7, 11) is -3.54. The van der Waals surface area contributed by atoms with Gasteiger partial charge in [0.15, 0.2) is 0 Å². The number of carbonyl (C=O) groups is 1. The van der Waals surface area contributed by atoms with Crippen LogP contribution in [0.15, 0.2) is 41.0 Å². The lowest BCUT2D eigenvalue weighted by atomic mass is 10.0. The Balaban J connectivity index is 1.35. The molecule has 38 heavy (non-hydrogen) atoms. The predicted octanol–water partition coefficient (Wildman–Crippen LogP) is 5.38. The Morgan fingerprint density at radius 3 is 2.39 bits per heavy atom. The first kappa shape index (κ1) is 28.7. The first-order valence-corrected chi connectivity index (χ1v) is 13.7. The largest absolute Gasteiger partial charge is 0.466 e. The van der Waals surface area contributed by atoms with Gasteiger partial charge in [0, 0.05) is 24.6 Å². The highest BCUT2D eigenvalue weighted by molar-refractivity contribution is 7.54. The standard InChI is InChI=1S/C23H27N4O10P/c1-2-35-38(33,36-19-12-10-18(11-13-19)26(29)30)16-6-15-34-21(28)8-5-3-4-7-17-9-14-20(27(31)32)23-22(17)24-37-25-23/h9-14H,2-8,15-16H2,1H3. The molecule has 0 aliphatic heterocycles. The minimum atomic E-state index is -3.54. The van der Waals surface area contributed by atoms with Crippen molar-refractivity contribution < 1.29 is 37.6 Å². The molecule has 1 unspecified atom stereocenters. The number of esters is 1. The van der Waals surface area contributed by atoms with Gasteiger partial charge in [-0.25, -0.2) is 9.19 Å². The normalized spacial score (nSPS) is 12.7. The molecule has 1 aromatic heterocycles. The molecule has 0 fully saturated rings. The maximum atomic E-state index is 13.0. The average molecular weight is 550 g/mol. The van der Waals surface area contributed by atoms with Gasteiger partial charge in [0.25, 0.3) is 5.69 Å². The minimum Gasteiger partial charge on any atom is -0.466 e. The number of non-ortho nitro benzene ring substituents is 2. The lowest BCUT2D eigenvalue weighted by molar-refractivity contribution is -0.384. The topological polar surface area (TPSA) is 187 Å². The molecule has 204 valence electrons. The second kappa shape index (κ2) is 13.6. The Labute approximate surface area is 217 Å². The van der Waals surface area contributed by atoms with Crippen molar-refractivity contribution in [1.29, 1.82) is 0 Å². The number of aryl methyl sites for hydroxylation is 1. The third-order valence-corrected chi connectivity index (χ3v) is 7.46. The third-order valence-electron chi connectivity index (χ3n) is 5.46. The molecule has 0 spiro atoms. The molecule has 0 bridgehead atoms. The smallest absolute Gasteiger partial charge is 0.379 e. The molecule has 15 heteroatoms. The molecular weight excluding hydrogens is 523 g/mol. The van der Waals surface area contributed by atoms with Gasteiger partial charge in [0.1, 0.15) is 11.3 Å². The number of hydrogen-bond acceptors (Lipinski definition) is 12. The number of unbranched alkanes of at least 4 members (excludes halogenated alkanes) is 2. The Morgan fingerprint density at radius 1 is 0.974 bits per heavy atom. The molecule has 0 saturated heterocycles. The van der Waals surface area contributed by atoms with Crippen LogP contribution >= 0.6 is 7.60 Å². The summed E-state index contributed by atoms with van der Waals surface area (Å²) in [5.41, 5.74) is 0.974. The van der Waals surface area contributed by atoms with Crippen LogP contribution in [0.3, 0.4) is 0 Å². The van der Waals surface area contributed by atoms with Gasteiger partial charge in [0.05, 0.1) is 29.2 Å². The van der Waals surface area contributed by atoms with Crippen LogP contribution in [0, 0.1) is 20.2 Å². The number of benzene rings is 2. The molecule has 0 radical (unpaired) electrons. The van der Waals surface area contributed by atoms with Gasteiger partial charge >= 0.3 is 19.3 Å². The zero-order chi connectivity index (χ0) is 27.5. The maximum absolute atomic E-state index is 13.0. The van der Waals surface area contributed by atoms with Crippen molar-refractivity contribution in [3.8, 4) is 5.75 Å². The third kappa shape index (κ3) is 8.05. The van der Waals surface area contributed by atoms with Crippen molar-refractivity contribution in [2.45, 2.75) is 45.4 Å². The number of nitro benzene ring substituents is 2. The highest BCUT2D eigenvalue weighted by Crippen LogP contribution is 2.48. The summed E-state index contributed by atoms with van der Waals surface area (Å²) >= 11 is 0. The fourth-order valence-corrected chi connectivity index (χ4v) is 5.28. The number of rotatable bonds is 16. The summed E-state index contributed by atoms with van der Waals surface area (Å²) in [4.78, 5) is 32.8. The second-order valence-corrected chi connectivity index (χ2v) is 10.3. The van der Waals surface area contributed by atoms with E-state index in [-0.39, 0.29) is 60.8 Å². The number of carbonyl (C=O) groups excluding carboxylic acids is 1. The van der Waals surface area contributed by atoms with Crippen LogP contribution in [0.1, 0.15) is 44.6 Å². The first-order valence-electron chi connectivity index (χ1n) is 11.9. The Bertz CT molecular complexity index is 1310. The molecule has 14 nitrogen and oxygen atoms in total. The van der Waals surface area contributed by atoms with Crippen LogP contribution in [0.2, 0.25) is 0 Å². The van der Waals surface area contributed by atoms with Gasteiger partial charge in [-0.1, -0.05) is 6.42 Å². The summed E-state index contributed by atoms with van der Waals surface area (Å²) in [5, 5.41) is 29.2. The predicted molar refractivity (Wildman–Crippen MR) is 134 cm³/mol. The van der Waals surface area contributed by atoms with Crippen LogP contribution in [-0.4, -0.2) is 45.5 Å². The summed E-state index contributed by atoms with van der Waals surface area (Å²) in [6.07, 6.45) is 3.10. The molecule has 1 atom stereocenters. The molecule has 3 aromatic rings. The van der Waals surface area contributed by atoms with Gasteiger partial charge in [-0.05, 0) is 66.7 Å². The summed E-state index contributed by atoms with van der Waals surface area (Å²) in [6.45, 7) is 1.85. The summed E-state index contributed by atoms with van der Waals surface area (Å²) < 4.78 is 33.6. The molecule has 3 rings (SSSR count). The highest BCUT2D eigenvalue weighted by atomic mass is 31.2. The van der Waals surface area contributed by atoms with Gasteiger partial charge in [0.2, 0.25) is 5.52 Å². The summed E-state index contributed by atoms with van der Waals surface area (Å²) in [5.74, 6) is -0.204. The fourth-order valence-electron chi connectivity index (χ4n) is 3.65. The number of hydrogen-bond donors (Lipinski definition) is 0. The fraction of sp³-hybridized carbons (Fsp3) is 0.435. The Kier molecular flexibility index (Phi) is 10.3. The van der Waals surface area contributed by atoms with E-state index in [9.17, 15) is 29.6 Å². The van der Waals surface area contributed by atoms with Crippen molar-refractivity contribution in [3.63, 3.8) is 0 Å². The van der Waals surface area contributed by atoms with E-state index in [0.717, 1.165) is 18.4 Å². The van der Waals surface area contributed by atoms with Gasteiger partial charge < -0.3 is 13.8 Å². The van der Waals surface area contributed by atoms with Crippen molar-refractivity contribution in [2.24, 2.45) is 0 Å². The molecule has 2 aromatic carbocycles. The maximum Gasteiger partial charge on any atom is 0.379 e. The molecule has 0 aliphatic rings. The molecular formula is C23H27N4O10P. The molecule has 0 N–H and O–H groups in total. The Morgan fingerprint density at radius 2 is 1.71 bits per heavy atom.